The zero-order valence-corrected chi connectivity index (χ0v) is 47.2. The fraction of sp³-hybridized carbons (Fsp3) is 0.456. The minimum absolute atomic E-state index is 0.0222. The van der Waals surface area contributed by atoms with Crippen LogP contribution in [0.25, 0.3) is 22.3 Å². The second kappa shape index (κ2) is 38.8. The van der Waals surface area contributed by atoms with Crippen LogP contribution in [0.4, 0.5) is 4.39 Å². The van der Waals surface area contributed by atoms with Gasteiger partial charge in [0.15, 0.2) is 6.29 Å². The predicted molar refractivity (Wildman–Crippen MR) is 302 cm³/mol. The summed E-state index contributed by atoms with van der Waals surface area (Å²) in [5.74, 6) is -1.23. The third kappa shape index (κ3) is 22.6. The van der Waals surface area contributed by atoms with Gasteiger partial charge in [0.2, 0.25) is 30.0 Å². The van der Waals surface area contributed by atoms with Crippen molar-refractivity contribution in [3.63, 3.8) is 0 Å². The highest BCUT2D eigenvalue weighted by Crippen LogP contribution is 2.42. The standard InChI is InChI=1S/C24H23FN2O4.C14H22N2O4.C10H15N.C7H13N3O4.CH5N.CH2O/c1-12-13-5-4-6-14-15-9-27-20(22(15)26-19(21(13)14)8-18(12)25)7-17(24(2,30)11-28)16(10-31-3)23(27)29;1-16(14(20)8-6-11-17)10-5-3-2-4-7-13(19)15-9-12-18;1-9(11-2)8-10-6-4-3-5-7-10;1-8-7(13)3-14-5-10-6(12)2-9-4-11;2*1-2/h7-8,11,30H,4-6,9-10H2,1-3H3;6,8,11-12H,2-5,7,9-10H2,1H3,(H,15,19);3-7,9,11H,8H2,1-2H3;4H,2-3,5H2,1H3,(H,8,13)(H,9,11)(H,10,12);2H2,1H3;1H2/b;8-6-;;;;/t24-;;;;;/m1...../s1. The van der Waals surface area contributed by atoms with E-state index in [1.165, 1.54) is 51.9 Å². The van der Waals surface area contributed by atoms with Crippen molar-refractivity contribution in [2.75, 3.05) is 68.3 Å². The molecular formula is C57H80FN9O13. The maximum absolute atomic E-state index is 14.6. The number of aldehydes is 3. The lowest BCUT2D eigenvalue weighted by Crippen LogP contribution is -2.35. The van der Waals surface area contributed by atoms with E-state index in [2.05, 4.69) is 63.5 Å². The molecule has 2 aliphatic rings. The van der Waals surface area contributed by atoms with Gasteiger partial charge in [0.25, 0.3) is 5.56 Å². The number of nitrogens with zero attached hydrogens (tertiary/aromatic N) is 3. The smallest absolute Gasteiger partial charge is 0.257 e. The van der Waals surface area contributed by atoms with Crippen molar-refractivity contribution in [2.45, 2.75) is 103 Å². The van der Waals surface area contributed by atoms with Crippen molar-refractivity contribution >= 4 is 66.6 Å². The van der Waals surface area contributed by atoms with Gasteiger partial charge in [-0.1, -0.05) is 43.2 Å². The number of ether oxygens (including phenoxy) is 2. The molecule has 80 heavy (non-hydrogen) atoms. The van der Waals surface area contributed by atoms with Gasteiger partial charge in [0, 0.05) is 74.4 Å². The largest absolute Gasteiger partial charge is 0.380 e. The van der Waals surface area contributed by atoms with E-state index in [9.17, 15) is 52.6 Å². The number of methoxy groups -OCH3 is 1. The average Bonchev–Trinajstić information content (AvgIpc) is 3.86. The number of rotatable bonds is 25. The molecule has 0 radical (unpaired) electrons. The monoisotopic (exact) mass is 1120 g/mol. The molecule has 4 aromatic rings. The van der Waals surface area contributed by atoms with E-state index in [0.29, 0.717) is 73.3 Å². The number of carbonyl (C=O) groups excluding carboxylic acids is 9. The molecule has 1 aliphatic heterocycles. The number of fused-ring (bicyclic) bond motifs is 4. The van der Waals surface area contributed by atoms with Crippen LogP contribution in [0, 0.1) is 12.7 Å². The fourth-order valence-corrected chi connectivity index (χ4v) is 8.31. The van der Waals surface area contributed by atoms with E-state index in [4.69, 9.17) is 19.3 Å². The lowest BCUT2D eigenvalue weighted by Gasteiger charge is -2.22. The van der Waals surface area contributed by atoms with Gasteiger partial charge < -0.3 is 66.0 Å². The highest BCUT2D eigenvalue weighted by Gasteiger charge is 2.34. The van der Waals surface area contributed by atoms with E-state index < -0.39 is 5.60 Å². The maximum atomic E-state index is 14.6. The third-order valence-electron chi connectivity index (χ3n) is 12.5. The van der Waals surface area contributed by atoms with Crippen LogP contribution in [0.5, 0.6) is 0 Å². The number of likely N-dealkylation sites (N-methyl/N-ethyl adjacent to an activating group) is 3. The maximum Gasteiger partial charge on any atom is 0.257 e. The summed E-state index contributed by atoms with van der Waals surface area (Å²) < 4.78 is 26.2. The Balaban J connectivity index is 0.000000565. The zero-order valence-electron chi connectivity index (χ0n) is 47.2. The molecule has 0 saturated carbocycles. The normalized spacial score (nSPS) is 12.3. The molecule has 0 saturated heterocycles. The van der Waals surface area contributed by atoms with E-state index in [0.717, 1.165) is 73.4 Å². The third-order valence-corrected chi connectivity index (χ3v) is 12.5. The number of amides is 5. The molecular weight excluding hydrogens is 1040 g/mol. The van der Waals surface area contributed by atoms with Gasteiger partial charge in [0.05, 0.1) is 43.1 Å². The minimum Gasteiger partial charge on any atom is -0.380 e. The number of hydrogen-bond donors (Lipinski definition) is 7. The second-order valence-electron chi connectivity index (χ2n) is 18.2. The van der Waals surface area contributed by atoms with E-state index in [1.54, 1.807) is 29.5 Å². The first-order valence-electron chi connectivity index (χ1n) is 25.9. The first kappa shape index (κ1) is 70.3. The minimum atomic E-state index is -1.84. The lowest BCUT2D eigenvalue weighted by atomic mass is 9.84. The Kier molecular flexibility index (Phi) is 34.1. The lowest BCUT2D eigenvalue weighted by molar-refractivity contribution is -0.128. The first-order chi connectivity index (χ1) is 38.4. The Labute approximate surface area is 466 Å². The number of halogens is 1. The van der Waals surface area contributed by atoms with Crippen LogP contribution < -0.4 is 37.9 Å². The molecule has 438 valence electrons. The summed E-state index contributed by atoms with van der Waals surface area (Å²) in [6.45, 7) is 8.09. The van der Waals surface area contributed by atoms with Crippen molar-refractivity contribution in [2.24, 2.45) is 5.73 Å². The Hall–Kier alpha value is -7.70. The van der Waals surface area contributed by atoms with E-state index >= 15 is 0 Å². The molecule has 0 fully saturated rings. The molecule has 2 aromatic carbocycles. The number of hydrogen-bond acceptors (Lipinski definition) is 16. The van der Waals surface area contributed by atoms with E-state index in [1.807, 2.05) is 19.9 Å². The van der Waals surface area contributed by atoms with Crippen molar-refractivity contribution in [1.82, 2.24) is 41.0 Å². The molecule has 1 unspecified atom stereocenters. The van der Waals surface area contributed by atoms with Gasteiger partial charge in [0.1, 0.15) is 44.1 Å². The van der Waals surface area contributed by atoms with Crippen LogP contribution in [-0.2, 0) is 90.6 Å². The molecule has 23 heteroatoms. The summed E-state index contributed by atoms with van der Waals surface area (Å²) in [6.07, 6.45) is 12.0. The SMILES string of the molecule is C=O.CN.CN(CCCCCCC(=O)NCC=O)C(=O)/C=C\C=O.CNC(=O)COCNC(=O)CNC=O.CNC(C)Cc1ccccc1.COCc1c([C@](C)(O)C=O)cc2n(c1=O)Cc1c-2nc2cc(F)c(C)c3c2c1CCC3. The summed E-state index contributed by atoms with van der Waals surface area (Å²) in [5.41, 5.74) is 9.66. The topological polar surface area (TPSA) is 317 Å². The number of nitrogens with two attached hydrogens (primary N) is 1. The number of aliphatic hydroxyl groups is 1. The van der Waals surface area contributed by atoms with Gasteiger partial charge in [-0.2, -0.15) is 0 Å². The summed E-state index contributed by atoms with van der Waals surface area (Å²) in [5, 5.41) is 24.2. The van der Waals surface area contributed by atoms with Crippen LogP contribution in [0.2, 0.25) is 0 Å². The number of pyridine rings is 2. The predicted octanol–water partition coefficient (Wildman–Crippen LogP) is 2.18. The highest BCUT2D eigenvalue weighted by molar-refractivity contribution is 5.93. The molecule has 2 atom stereocenters. The molecule has 0 spiro atoms. The fourth-order valence-electron chi connectivity index (χ4n) is 8.31. The van der Waals surface area contributed by atoms with E-state index in [-0.39, 0.29) is 79.2 Å². The Morgan fingerprint density at radius 2 is 1.64 bits per heavy atom. The Bertz CT molecular complexity index is 2740. The molecule has 8 N–H and O–H groups in total. The van der Waals surface area contributed by atoms with Crippen molar-refractivity contribution < 1.29 is 62.1 Å². The number of allylic oxidation sites excluding steroid dienone is 1. The number of benzene rings is 2. The molecule has 2 aromatic heterocycles. The number of nitrogens with one attached hydrogen (secondary N) is 5. The summed E-state index contributed by atoms with van der Waals surface area (Å²) in [6, 6.07) is 14.2. The first-order valence-corrected chi connectivity index (χ1v) is 25.9. The molecule has 3 heterocycles. The Morgan fingerprint density at radius 1 is 0.963 bits per heavy atom. The van der Waals surface area contributed by atoms with Gasteiger partial charge in [-0.15, -0.1) is 0 Å². The molecule has 5 amide bonds. The van der Waals surface area contributed by atoms with Crippen LogP contribution in [-0.4, -0.2) is 150 Å². The van der Waals surface area contributed by atoms with Crippen molar-refractivity contribution in [1.29, 1.82) is 0 Å². The Morgan fingerprint density at radius 3 is 2.25 bits per heavy atom. The van der Waals surface area contributed by atoms with Crippen LogP contribution in [0.15, 0.2) is 59.4 Å². The molecule has 0 bridgehead atoms. The summed E-state index contributed by atoms with van der Waals surface area (Å²) in [7, 11) is 8.12. The quantitative estimate of drug-likeness (QED) is 0.0191. The number of aromatic nitrogens is 2. The van der Waals surface area contributed by atoms with Gasteiger partial charge >= 0.3 is 0 Å². The zero-order chi connectivity index (χ0) is 60.2. The van der Waals surface area contributed by atoms with Crippen LogP contribution in [0.3, 0.4) is 0 Å². The number of carbonyl (C=O) groups is 9. The van der Waals surface area contributed by atoms with Gasteiger partial charge in [-0.05, 0) is 108 Å². The summed E-state index contributed by atoms with van der Waals surface area (Å²) >= 11 is 0. The van der Waals surface area contributed by atoms with Gasteiger partial charge in [-0.3, -0.25) is 38.4 Å². The van der Waals surface area contributed by atoms with Crippen LogP contribution in [0.1, 0.15) is 91.3 Å². The molecule has 22 nitrogen and oxygen atoms in total. The second-order valence-corrected chi connectivity index (χ2v) is 18.2. The van der Waals surface area contributed by atoms with Crippen molar-refractivity contribution in [3.05, 3.63) is 110 Å². The number of unbranched alkanes of at least 4 members (excludes halogenated alkanes) is 3. The number of aryl methyl sites for hydroxylation is 2. The van der Waals surface area contributed by atoms with Crippen molar-refractivity contribution in [3.8, 4) is 11.4 Å². The van der Waals surface area contributed by atoms with Crippen LogP contribution >= 0.6 is 0 Å². The summed E-state index contributed by atoms with van der Waals surface area (Å²) in [4.78, 5) is 113. The van der Waals surface area contributed by atoms with Gasteiger partial charge in [-0.25, -0.2) is 9.37 Å². The average molecular weight is 1120 g/mol. The molecule has 1 aliphatic carbocycles. The molecule has 6 rings (SSSR count). The highest BCUT2D eigenvalue weighted by atomic mass is 19.1.